The minimum Gasteiger partial charge on any atom is -0.481 e. The van der Waals surface area contributed by atoms with Crippen LogP contribution in [0.2, 0.25) is 0 Å². The molecule has 0 aliphatic carbocycles. The van der Waals surface area contributed by atoms with Crippen LogP contribution in [0.5, 0.6) is 0 Å². The molecule has 0 saturated heterocycles. The highest BCUT2D eigenvalue weighted by Gasteiger charge is 1.99. The van der Waals surface area contributed by atoms with Crippen molar-refractivity contribution in [3.05, 3.63) is 63.9 Å². The number of carboxylic acids is 1. The van der Waals surface area contributed by atoms with Crippen LogP contribution in [0.1, 0.15) is 41.0 Å². The van der Waals surface area contributed by atoms with Crippen molar-refractivity contribution in [1.82, 2.24) is 0 Å². The van der Waals surface area contributed by atoms with Crippen LogP contribution in [0.25, 0.3) is 6.08 Å². The van der Waals surface area contributed by atoms with Gasteiger partial charge in [-0.25, -0.2) is 0 Å². The molecule has 0 spiro atoms. The first-order chi connectivity index (χ1) is 10.7. The quantitative estimate of drug-likeness (QED) is 0.647. The summed E-state index contributed by atoms with van der Waals surface area (Å²) in [7, 11) is 0. The number of carboxylic acid groups (broad SMARTS) is 1. The molecule has 0 unspecified atom stereocenters. The number of hydrogen-bond donors (Lipinski definition) is 1. The van der Waals surface area contributed by atoms with Crippen LogP contribution >= 0.6 is 11.3 Å². The largest absolute Gasteiger partial charge is 0.481 e. The van der Waals surface area contributed by atoms with Crippen molar-refractivity contribution in [2.24, 2.45) is 0 Å². The van der Waals surface area contributed by atoms with E-state index < -0.39 is 5.97 Å². The summed E-state index contributed by atoms with van der Waals surface area (Å²) < 4.78 is 0. The monoisotopic (exact) mass is 314 g/mol. The zero-order valence-electron chi connectivity index (χ0n) is 12.7. The second-order valence-corrected chi connectivity index (χ2v) is 6.55. The van der Waals surface area contributed by atoms with Gasteiger partial charge in [-0.3, -0.25) is 4.79 Å². The summed E-state index contributed by atoms with van der Waals surface area (Å²) in [4.78, 5) is 13.0. The summed E-state index contributed by atoms with van der Waals surface area (Å²) in [6.07, 6.45) is 9.67. The summed E-state index contributed by atoms with van der Waals surface area (Å²) >= 11 is 1.76. The van der Waals surface area contributed by atoms with Crippen LogP contribution in [-0.4, -0.2) is 11.1 Å². The topological polar surface area (TPSA) is 37.3 Å². The van der Waals surface area contributed by atoms with Crippen molar-refractivity contribution < 1.29 is 9.90 Å². The second-order valence-electron chi connectivity index (χ2n) is 5.35. The minimum atomic E-state index is -0.786. The molecule has 3 heteroatoms. The molecule has 0 amide bonds. The van der Waals surface area contributed by atoms with Crippen LogP contribution in [-0.2, 0) is 17.6 Å². The highest BCUT2D eigenvalue weighted by molar-refractivity contribution is 7.12. The number of rotatable bonds is 9. The van der Waals surface area contributed by atoms with Gasteiger partial charge in [-0.15, -0.1) is 11.3 Å². The van der Waals surface area contributed by atoms with Crippen molar-refractivity contribution in [3.63, 3.8) is 0 Å². The van der Waals surface area contributed by atoms with E-state index in [0.717, 1.165) is 17.7 Å². The number of hydrogen-bond acceptors (Lipinski definition) is 2. The third-order valence-corrected chi connectivity index (χ3v) is 4.60. The molecule has 0 aliphatic rings. The summed E-state index contributed by atoms with van der Waals surface area (Å²) in [6.45, 7) is 0. The summed E-state index contributed by atoms with van der Waals surface area (Å²) in [6, 6.07) is 14.9. The van der Waals surface area contributed by atoms with E-state index in [1.165, 1.54) is 29.7 Å². The Morgan fingerprint density at radius 2 is 1.77 bits per heavy atom. The number of carbonyl (C=O) groups is 1. The Balaban J connectivity index is 1.64. The molecule has 1 heterocycles. The summed E-state index contributed by atoms with van der Waals surface area (Å²) in [5.41, 5.74) is 1.42. The van der Waals surface area contributed by atoms with Crippen molar-refractivity contribution >= 4 is 23.4 Å². The van der Waals surface area contributed by atoms with Gasteiger partial charge in [0.25, 0.3) is 0 Å². The predicted octanol–water partition coefficient (Wildman–Crippen LogP) is 5.19. The Morgan fingerprint density at radius 1 is 1.00 bits per heavy atom. The third-order valence-electron chi connectivity index (χ3n) is 3.49. The first-order valence-corrected chi connectivity index (χ1v) is 8.56. The molecule has 0 radical (unpaired) electrons. The molecular weight excluding hydrogens is 292 g/mol. The molecule has 0 bridgehead atoms. The maximum absolute atomic E-state index is 10.5. The van der Waals surface area contributed by atoms with Gasteiger partial charge in [0, 0.05) is 9.75 Å². The van der Waals surface area contributed by atoms with Crippen LogP contribution in [0, 0.1) is 0 Å². The van der Waals surface area contributed by atoms with Gasteiger partial charge >= 0.3 is 5.97 Å². The Bertz CT molecular complexity index is 599. The van der Waals surface area contributed by atoms with Gasteiger partial charge in [-0.2, -0.15) is 0 Å². The lowest BCUT2D eigenvalue weighted by Crippen LogP contribution is -1.89. The van der Waals surface area contributed by atoms with Crippen LogP contribution in [0.4, 0.5) is 0 Å². The average molecular weight is 314 g/mol. The van der Waals surface area contributed by atoms with E-state index in [2.05, 4.69) is 42.5 Å². The Hall–Kier alpha value is -1.87. The molecule has 1 aromatic carbocycles. The smallest absolute Gasteiger partial charge is 0.307 e. The van der Waals surface area contributed by atoms with Gasteiger partial charge < -0.3 is 5.11 Å². The van der Waals surface area contributed by atoms with Gasteiger partial charge in [0.2, 0.25) is 0 Å². The lowest BCUT2D eigenvalue weighted by atomic mass is 10.1. The SMILES string of the molecule is O=C(O)CC=Cc1ccc(CCCCCc2ccccc2)s1. The van der Waals surface area contributed by atoms with E-state index >= 15 is 0 Å². The first-order valence-electron chi connectivity index (χ1n) is 7.75. The molecule has 1 aromatic heterocycles. The van der Waals surface area contributed by atoms with Crippen LogP contribution in [0.15, 0.2) is 48.5 Å². The van der Waals surface area contributed by atoms with E-state index in [1.54, 1.807) is 17.4 Å². The molecule has 0 aliphatic heterocycles. The fraction of sp³-hybridized carbons (Fsp3) is 0.316. The number of aliphatic carboxylic acids is 1. The van der Waals surface area contributed by atoms with Crippen LogP contribution < -0.4 is 0 Å². The Morgan fingerprint density at radius 3 is 2.55 bits per heavy atom. The standard InChI is InChI=1S/C19H22O2S/c20-19(21)13-7-12-18-15-14-17(22-18)11-6-2-5-10-16-8-3-1-4-9-16/h1,3-4,7-9,12,14-15H,2,5-6,10-11,13H2,(H,20,21). The molecule has 0 saturated carbocycles. The Labute approximate surface area is 136 Å². The molecule has 22 heavy (non-hydrogen) atoms. The minimum absolute atomic E-state index is 0.0900. The van der Waals surface area contributed by atoms with Gasteiger partial charge in [0.05, 0.1) is 6.42 Å². The van der Waals surface area contributed by atoms with Gasteiger partial charge in [-0.1, -0.05) is 42.8 Å². The van der Waals surface area contributed by atoms with E-state index in [9.17, 15) is 4.79 Å². The highest BCUT2D eigenvalue weighted by atomic mass is 32.1. The number of aryl methyl sites for hydroxylation is 2. The summed E-state index contributed by atoms with van der Waals surface area (Å²) in [5.74, 6) is -0.786. The fourth-order valence-electron chi connectivity index (χ4n) is 2.34. The number of benzene rings is 1. The summed E-state index contributed by atoms with van der Waals surface area (Å²) in [5, 5.41) is 8.60. The number of thiophene rings is 1. The molecule has 2 aromatic rings. The van der Waals surface area contributed by atoms with Crippen molar-refractivity contribution in [2.75, 3.05) is 0 Å². The Kier molecular flexibility index (Phi) is 6.91. The molecule has 116 valence electrons. The maximum Gasteiger partial charge on any atom is 0.307 e. The normalized spacial score (nSPS) is 11.1. The van der Waals surface area contributed by atoms with Gasteiger partial charge in [-0.05, 0) is 49.5 Å². The third kappa shape index (κ3) is 6.27. The zero-order chi connectivity index (χ0) is 15.6. The van der Waals surface area contributed by atoms with E-state index in [-0.39, 0.29) is 6.42 Å². The lowest BCUT2D eigenvalue weighted by molar-refractivity contribution is -0.135. The lowest BCUT2D eigenvalue weighted by Gasteiger charge is -2.01. The van der Waals surface area contributed by atoms with Crippen molar-refractivity contribution in [2.45, 2.75) is 38.5 Å². The van der Waals surface area contributed by atoms with E-state index in [4.69, 9.17) is 5.11 Å². The van der Waals surface area contributed by atoms with E-state index in [0.29, 0.717) is 0 Å². The molecular formula is C19H22O2S. The first kappa shape index (κ1) is 16.5. The highest BCUT2D eigenvalue weighted by Crippen LogP contribution is 2.20. The van der Waals surface area contributed by atoms with Gasteiger partial charge in [0.1, 0.15) is 0 Å². The fourth-order valence-corrected chi connectivity index (χ4v) is 3.33. The molecule has 0 fully saturated rings. The van der Waals surface area contributed by atoms with Gasteiger partial charge in [0.15, 0.2) is 0 Å². The predicted molar refractivity (Wildman–Crippen MR) is 93.3 cm³/mol. The molecule has 2 rings (SSSR count). The maximum atomic E-state index is 10.5. The van der Waals surface area contributed by atoms with Crippen LogP contribution in [0.3, 0.4) is 0 Å². The zero-order valence-corrected chi connectivity index (χ0v) is 13.5. The molecule has 1 N–H and O–H groups in total. The average Bonchev–Trinajstić information content (AvgIpc) is 2.95. The second kappa shape index (κ2) is 9.21. The van der Waals surface area contributed by atoms with E-state index in [1.807, 2.05) is 6.08 Å². The number of unbranched alkanes of at least 4 members (excludes halogenated alkanes) is 2. The molecule has 2 nitrogen and oxygen atoms in total. The molecule has 0 atom stereocenters. The van der Waals surface area contributed by atoms with Crippen molar-refractivity contribution in [1.29, 1.82) is 0 Å². The van der Waals surface area contributed by atoms with Crippen molar-refractivity contribution in [3.8, 4) is 0 Å².